The number of aliphatic hydroxyl groups is 1. The lowest BCUT2D eigenvalue weighted by molar-refractivity contribution is 0.0442. The van der Waals surface area contributed by atoms with Crippen molar-refractivity contribution < 1.29 is 19.4 Å². The van der Waals surface area contributed by atoms with Crippen molar-refractivity contribution in [2.45, 2.75) is 57.2 Å². The highest BCUT2D eigenvalue weighted by atomic mass is 16.5. The smallest absolute Gasteiger partial charge is 0.254 e. The summed E-state index contributed by atoms with van der Waals surface area (Å²) in [5.74, 6) is 1.25. The van der Waals surface area contributed by atoms with Crippen LogP contribution >= 0.6 is 0 Å². The van der Waals surface area contributed by atoms with E-state index in [9.17, 15) is 9.90 Å². The number of nitrogens with zero attached hydrogens (tertiary/aromatic N) is 3. The number of aliphatic hydroxyl groups excluding tert-OH is 1. The Bertz CT molecular complexity index is 1480. The van der Waals surface area contributed by atoms with Crippen LogP contribution in [-0.2, 0) is 15.0 Å². The second-order valence-corrected chi connectivity index (χ2v) is 11.8. The molecule has 42 heavy (non-hydrogen) atoms. The summed E-state index contributed by atoms with van der Waals surface area (Å²) >= 11 is 0. The maximum atomic E-state index is 13.1. The minimum absolute atomic E-state index is 0.0768. The molecule has 1 aromatic heterocycles. The largest absolute Gasteiger partial charge is 0.475 e. The third-order valence-electron chi connectivity index (χ3n) is 8.64. The van der Waals surface area contributed by atoms with Crippen molar-refractivity contribution in [3.8, 4) is 0 Å². The van der Waals surface area contributed by atoms with Crippen LogP contribution in [0.2, 0.25) is 0 Å². The lowest BCUT2D eigenvalue weighted by Crippen LogP contribution is -2.39. The van der Waals surface area contributed by atoms with Crippen molar-refractivity contribution in [2.24, 2.45) is 4.99 Å². The van der Waals surface area contributed by atoms with E-state index in [1.54, 1.807) is 6.20 Å². The van der Waals surface area contributed by atoms with E-state index in [-0.39, 0.29) is 24.1 Å². The van der Waals surface area contributed by atoms with Gasteiger partial charge in [0.25, 0.3) is 5.91 Å². The van der Waals surface area contributed by atoms with Gasteiger partial charge >= 0.3 is 0 Å². The first kappa shape index (κ1) is 28.2. The summed E-state index contributed by atoms with van der Waals surface area (Å²) in [7, 11) is 0. The first-order chi connectivity index (χ1) is 20.3. The average Bonchev–Trinajstić information content (AvgIpc) is 3.48. The fraction of sp³-hybridized carbons (Fsp3) is 0.424. The minimum atomic E-state index is -0.397. The van der Waals surface area contributed by atoms with E-state index in [4.69, 9.17) is 19.5 Å². The molecule has 0 unspecified atom stereocenters. The van der Waals surface area contributed by atoms with Crippen LogP contribution in [-0.4, -0.2) is 65.3 Å². The normalized spacial score (nSPS) is 19.3. The number of carbonyl (C=O) groups excluding carboxylic acids is 1. The van der Waals surface area contributed by atoms with Crippen LogP contribution in [0, 0.1) is 0 Å². The Balaban J connectivity index is 1.33. The number of rotatable bonds is 9. The van der Waals surface area contributed by atoms with E-state index in [1.165, 1.54) is 0 Å². The van der Waals surface area contributed by atoms with E-state index in [0.717, 1.165) is 59.4 Å². The van der Waals surface area contributed by atoms with Crippen molar-refractivity contribution in [2.75, 3.05) is 43.6 Å². The molecule has 2 aromatic carbocycles. The fourth-order valence-electron chi connectivity index (χ4n) is 6.16. The van der Waals surface area contributed by atoms with E-state index < -0.39 is 5.54 Å². The molecule has 1 saturated heterocycles. The molecule has 9 heteroatoms. The van der Waals surface area contributed by atoms with Crippen molar-refractivity contribution >= 4 is 29.0 Å². The van der Waals surface area contributed by atoms with Crippen LogP contribution in [0.15, 0.2) is 65.8 Å². The highest BCUT2D eigenvalue weighted by Gasteiger charge is 2.42. The molecule has 4 heterocycles. The molecule has 3 aliphatic rings. The molecule has 3 aromatic rings. The van der Waals surface area contributed by atoms with Crippen molar-refractivity contribution in [1.29, 1.82) is 0 Å². The number of aromatic nitrogens is 1. The first-order valence-electron chi connectivity index (χ1n) is 14.8. The lowest BCUT2D eigenvalue weighted by atomic mass is 9.92. The van der Waals surface area contributed by atoms with Gasteiger partial charge in [-0.3, -0.25) is 4.79 Å². The Morgan fingerprint density at radius 2 is 1.86 bits per heavy atom. The summed E-state index contributed by atoms with van der Waals surface area (Å²) in [6.07, 6.45) is 4.32. The molecule has 3 N–H and O–H groups in total. The predicted octanol–water partition coefficient (Wildman–Crippen LogP) is 5.40. The van der Waals surface area contributed by atoms with Crippen molar-refractivity contribution in [3.63, 3.8) is 0 Å². The standard InChI is InChI=1S/C33H39N5O4/c1-4-14-38-31(40)24-11-10-23(17-26(24)32(38,2)3)35-29-18-27(36-28(20-39)22-8-6-5-7-9-22)25(19-34-29)30-37-33(21-42-30)12-15-41-16-13-33/h5-11,17-19,28,39H,4,12-16,20-21H2,1-3H3,(H2,34,35,36)/t28-/m1/s1. The molecule has 9 nitrogen and oxygen atoms in total. The van der Waals surface area contributed by atoms with Gasteiger partial charge in [0.15, 0.2) is 0 Å². The van der Waals surface area contributed by atoms with Crippen LogP contribution < -0.4 is 10.6 Å². The molecule has 0 bridgehead atoms. The van der Waals surface area contributed by atoms with Gasteiger partial charge in [0.05, 0.1) is 29.4 Å². The third-order valence-corrected chi connectivity index (χ3v) is 8.64. The molecule has 220 valence electrons. The van der Waals surface area contributed by atoms with E-state index in [2.05, 4.69) is 31.4 Å². The molecule has 6 rings (SSSR count). The zero-order chi connectivity index (χ0) is 29.3. The maximum absolute atomic E-state index is 13.1. The van der Waals surface area contributed by atoms with E-state index in [1.807, 2.05) is 59.5 Å². The molecule has 1 fully saturated rings. The van der Waals surface area contributed by atoms with Gasteiger partial charge in [-0.15, -0.1) is 0 Å². The first-order valence-corrected chi connectivity index (χ1v) is 14.8. The molecule has 0 radical (unpaired) electrons. The highest BCUT2D eigenvalue weighted by molar-refractivity contribution is 6.01. The van der Waals surface area contributed by atoms with Crippen LogP contribution in [0.25, 0.3) is 0 Å². The maximum Gasteiger partial charge on any atom is 0.254 e. The zero-order valence-electron chi connectivity index (χ0n) is 24.5. The van der Waals surface area contributed by atoms with Gasteiger partial charge in [-0.1, -0.05) is 37.3 Å². The number of fused-ring (bicyclic) bond motifs is 1. The number of benzene rings is 2. The lowest BCUT2D eigenvalue weighted by Gasteiger charge is -2.32. The van der Waals surface area contributed by atoms with E-state index in [0.29, 0.717) is 31.5 Å². The highest BCUT2D eigenvalue weighted by Crippen LogP contribution is 2.41. The van der Waals surface area contributed by atoms with Gasteiger partial charge < -0.3 is 30.1 Å². The number of nitrogens with one attached hydrogen (secondary N) is 2. The Morgan fingerprint density at radius 3 is 2.60 bits per heavy atom. The molecule has 1 amide bonds. The number of pyridine rings is 1. The molecule has 1 atom stereocenters. The van der Waals surface area contributed by atoms with Crippen LogP contribution in [0.3, 0.4) is 0 Å². The molecular formula is C33H39N5O4. The van der Waals surface area contributed by atoms with Crippen molar-refractivity contribution in [1.82, 2.24) is 9.88 Å². The summed E-state index contributed by atoms with van der Waals surface area (Å²) in [5.41, 5.74) is 4.39. The Hall–Kier alpha value is -3.95. The molecule has 3 aliphatic heterocycles. The summed E-state index contributed by atoms with van der Waals surface area (Å²) in [5, 5.41) is 17.3. The van der Waals surface area contributed by atoms with Crippen LogP contribution in [0.4, 0.5) is 17.2 Å². The summed E-state index contributed by atoms with van der Waals surface area (Å²) in [4.78, 5) is 24.8. The van der Waals surface area contributed by atoms with E-state index >= 15 is 0 Å². The summed E-state index contributed by atoms with van der Waals surface area (Å²) < 4.78 is 11.7. The number of aliphatic imine (C=N–C) groups is 1. The topological polar surface area (TPSA) is 108 Å². The fourth-order valence-corrected chi connectivity index (χ4v) is 6.16. The second-order valence-electron chi connectivity index (χ2n) is 11.8. The summed E-state index contributed by atoms with van der Waals surface area (Å²) in [6.45, 7) is 8.77. The van der Waals surface area contributed by atoms with Gasteiger partial charge in [0.1, 0.15) is 18.0 Å². The number of hydrogen-bond acceptors (Lipinski definition) is 8. The van der Waals surface area contributed by atoms with Crippen LogP contribution in [0.5, 0.6) is 0 Å². The SMILES string of the molecule is CCCN1C(=O)c2ccc(Nc3cc(N[C@H](CO)c4ccccc4)c(C4=NC5(CCOCC5)CO4)cn3)cc2C1(C)C. The molecule has 0 aliphatic carbocycles. The minimum Gasteiger partial charge on any atom is -0.475 e. The number of amides is 1. The van der Waals surface area contributed by atoms with Crippen LogP contribution in [0.1, 0.15) is 73.1 Å². The number of ether oxygens (including phenoxy) is 2. The Kier molecular flexibility index (Phi) is 7.64. The quantitative estimate of drug-likeness (QED) is 0.317. The Morgan fingerprint density at radius 1 is 1.07 bits per heavy atom. The van der Waals surface area contributed by atoms with Gasteiger partial charge in [-0.05, 0) is 62.4 Å². The van der Waals surface area contributed by atoms with Gasteiger partial charge in [0.2, 0.25) is 5.90 Å². The van der Waals surface area contributed by atoms with Gasteiger partial charge in [-0.25, -0.2) is 9.98 Å². The second kappa shape index (κ2) is 11.4. The zero-order valence-corrected chi connectivity index (χ0v) is 24.5. The number of carbonyl (C=O) groups is 1. The van der Waals surface area contributed by atoms with Crippen molar-refractivity contribution in [3.05, 3.63) is 83.0 Å². The Labute approximate surface area is 247 Å². The average molecular weight is 570 g/mol. The number of anilines is 3. The predicted molar refractivity (Wildman–Crippen MR) is 163 cm³/mol. The molecule has 0 saturated carbocycles. The summed E-state index contributed by atoms with van der Waals surface area (Å²) in [6, 6.07) is 17.3. The van der Waals surface area contributed by atoms with Gasteiger partial charge in [0, 0.05) is 43.3 Å². The third kappa shape index (κ3) is 5.23. The van der Waals surface area contributed by atoms with Gasteiger partial charge in [-0.2, -0.15) is 0 Å². The molecular weight excluding hydrogens is 530 g/mol. The molecule has 1 spiro atoms. The number of hydrogen-bond donors (Lipinski definition) is 3. The monoisotopic (exact) mass is 569 g/mol.